The minimum absolute atomic E-state index is 0.0420. The summed E-state index contributed by atoms with van der Waals surface area (Å²) in [6.07, 6.45) is 2.98. The van der Waals surface area contributed by atoms with Crippen LogP contribution >= 0.6 is 0 Å². The lowest BCUT2D eigenvalue weighted by Crippen LogP contribution is -2.41. The van der Waals surface area contributed by atoms with E-state index in [9.17, 15) is 9.59 Å². The molecule has 0 atom stereocenters. The van der Waals surface area contributed by atoms with Gasteiger partial charge in [-0.05, 0) is 18.6 Å². The molecule has 3 aromatic rings. The topological polar surface area (TPSA) is 80.7 Å². The number of fused-ring (bicyclic) bond motifs is 1. The number of nitriles is 1. The van der Waals surface area contributed by atoms with Gasteiger partial charge in [-0.25, -0.2) is 4.79 Å². The molecule has 0 N–H and O–H groups in total. The van der Waals surface area contributed by atoms with Crippen molar-refractivity contribution < 1.29 is 0 Å². The monoisotopic (exact) mass is 306 g/mol. The molecule has 2 heterocycles. The van der Waals surface area contributed by atoms with E-state index in [-0.39, 0.29) is 12.1 Å². The van der Waals surface area contributed by atoms with Gasteiger partial charge in [0.05, 0.1) is 12.1 Å². The second-order valence-corrected chi connectivity index (χ2v) is 5.11. The highest BCUT2D eigenvalue weighted by molar-refractivity contribution is 5.81. The SMILES string of the molecule is CCn1cc(C#N)c(=O)n(Cc2cccc3cccnc23)c1=O. The zero-order valence-corrected chi connectivity index (χ0v) is 12.6. The third-order valence-electron chi connectivity index (χ3n) is 3.74. The van der Waals surface area contributed by atoms with Crippen LogP contribution in [0.25, 0.3) is 10.9 Å². The summed E-state index contributed by atoms with van der Waals surface area (Å²) in [5.74, 6) is 0. The van der Waals surface area contributed by atoms with E-state index in [0.717, 1.165) is 21.0 Å². The predicted octanol–water partition coefficient (Wildman–Crippen LogP) is 1.50. The normalized spacial score (nSPS) is 10.6. The van der Waals surface area contributed by atoms with E-state index in [4.69, 9.17) is 5.26 Å². The molecule has 0 spiro atoms. The van der Waals surface area contributed by atoms with Crippen LogP contribution in [0.4, 0.5) is 0 Å². The van der Waals surface area contributed by atoms with Crippen molar-refractivity contribution in [3.05, 3.63) is 74.7 Å². The van der Waals surface area contributed by atoms with Crippen LogP contribution in [0, 0.1) is 11.3 Å². The van der Waals surface area contributed by atoms with Crippen molar-refractivity contribution >= 4 is 10.9 Å². The number of aryl methyl sites for hydroxylation is 1. The molecule has 0 aliphatic carbocycles. The van der Waals surface area contributed by atoms with Crippen molar-refractivity contribution in [1.29, 1.82) is 5.26 Å². The minimum Gasteiger partial charge on any atom is -0.299 e. The summed E-state index contributed by atoms with van der Waals surface area (Å²) in [5.41, 5.74) is 0.464. The van der Waals surface area contributed by atoms with E-state index in [2.05, 4.69) is 4.98 Å². The number of hydrogen-bond acceptors (Lipinski definition) is 4. The smallest absolute Gasteiger partial charge is 0.299 e. The largest absolute Gasteiger partial charge is 0.331 e. The first kappa shape index (κ1) is 14.7. The van der Waals surface area contributed by atoms with E-state index >= 15 is 0 Å². The van der Waals surface area contributed by atoms with E-state index in [1.54, 1.807) is 13.1 Å². The van der Waals surface area contributed by atoms with E-state index in [1.165, 1.54) is 10.8 Å². The van der Waals surface area contributed by atoms with Crippen LogP contribution < -0.4 is 11.2 Å². The Hall–Kier alpha value is -3.20. The van der Waals surface area contributed by atoms with Gasteiger partial charge in [-0.15, -0.1) is 0 Å². The molecule has 23 heavy (non-hydrogen) atoms. The predicted molar refractivity (Wildman–Crippen MR) is 86.2 cm³/mol. The Morgan fingerprint density at radius 1 is 1.22 bits per heavy atom. The van der Waals surface area contributed by atoms with Crippen LogP contribution in [-0.4, -0.2) is 14.1 Å². The number of nitrogens with zero attached hydrogens (tertiary/aromatic N) is 4. The third-order valence-corrected chi connectivity index (χ3v) is 3.74. The van der Waals surface area contributed by atoms with Crippen LogP contribution in [0.3, 0.4) is 0 Å². The number of rotatable bonds is 3. The molecule has 0 aliphatic heterocycles. The van der Waals surface area contributed by atoms with Crippen molar-refractivity contribution in [2.24, 2.45) is 0 Å². The van der Waals surface area contributed by atoms with Gasteiger partial charge in [0.15, 0.2) is 0 Å². The standard InChI is InChI=1S/C17H14N4O2/c1-2-20-10-14(9-18)16(22)21(17(20)23)11-13-6-3-5-12-7-4-8-19-15(12)13/h3-8,10H,2,11H2,1H3. The van der Waals surface area contributed by atoms with Gasteiger partial charge in [-0.2, -0.15) is 5.26 Å². The van der Waals surface area contributed by atoms with Crippen molar-refractivity contribution in [2.75, 3.05) is 0 Å². The number of pyridine rings is 1. The van der Waals surface area contributed by atoms with Crippen LogP contribution in [0.5, 0.6) is 0 Å². The first-order chi connectivity index (χ1) is 11.2. The second-order valence-electron chi connectivity index (χ2n) is 5.11. The van der Waals surface area contributed by atoms with Gasteiger partial charge in [0.25, 0.3) is 5.56 Å². The Kier molecular flexibility index (Phi) is 3.77. The Labute approximate surface area is 131 Å². The first-order valence-electron chi connectivity index (χ1n) is 7.22. The molecule has 0 saturated heterocycles. The summed E-state index contributed by atoms with van der Waals surface area (Å²) in [4.78, 5) is 29.1. The van der Waals surface area contributed by atoms with Crippen LogP contribution in [0.2, 0.25) is 0 Å². The molecule has 0 unspecified atom stereocenters. The van der Waals surface area contributed by atoms with Crippen molar-refractivity contribution in [1.82, 2.24) is 14.1 Å². The molecular formula is C17H14N4O2. The maximum Gasteiger partial charge on any atom is 0.331 e. The molecule has 6 nitrogen and oxygen atoms in total. The molecule has 0 fully saturated rings. The third kappa shape index (κ3) is 2.53. The van der Waals surface area contributed by atoms with E-state index < -0.39 is 11.2 Å². The lowest BCUT2D eigenvalue weighted by molar-refractivity contribution is 0.598. The molecule has 0 saturated carbocycles. The summed E-state index contributed by atoms with van der Waals surface area (Å²) in [6.45, 7) is 2.26. The lowest BCUT2D eigenvalue weighted by atomic mass is 10.1. The van der Waals surface area contributed by atoms with Gasteiger partial charge < -0.3 is 0 Å². The fraction of sp³-hybridized carbons (Fsp3) is 0.176. The molecule has 0 aliphatic rings. The molecule has 0 radical (unpaired) electrons. The van der Waals surface area contributed by atoms with Crippen molar-refractivity contribution in [3.8, 4) is 6.07 Å². The average Bonchev–Trinajstić information content (AvgIpc) is 2.59. The summed E-state index contributed by atoms with van der Waals surface area (Å²) in [6, 6.07) is 11.2. The molecule has 3 rings (SSSR count). The Morgan fingerprint density at radius 2 is 2.00 bits per heavy atom. The van der Waals surface area contributed by atoms with Crippen LogP contribution in [-0.2, 0) is 13.1 Å². The number of hydrogen-bond donors (Lipinski definition) is 0. The Bertz CT molecular complexity index is 1040. The van der Waals surface area contributed by atoms with Crippen LogP contribution in [0.1, 0.15) is 18.1 Å². The molecule has 6 heteroatoms. The fourth-order valence-corrected chi connectivity index (χ4v) is 2.56. The highest BCUT2D eigenvalue weighted by Crippen LogP contribution is 2.16. The van der Waals surface area contributed by atoms with Crippen molar-refractivity contribution in [2.45, 2.75) is 20.0 Å². The quantitative estimate of drug-likeness (QED) is 0.734. The Morgan fingerprint density at radius 3 is 2.74 bits per heavy atom. The zero-order valence-electron chi connectivity index (χ0n) is 12.6. The average molecular weight is 306 g/mol. The van der Waals surface area contributed by atoms with Crippen LogP contribution in [0.15, 0.2) is 52.3 Å². The highest BCUT2D eigenvalue weighted by atomic mass is 16.2. The summed E-state index contributed by atoms with van der Waals surface area (Å²) >= 11 is 0. The van der Waals surface area contributed by atoms with Crippen molar-refractivity contribution in [3.63, 3.8) is 0 Å². The number of para-hydroxylation sites is 1. The molecule has 0 bridgehead atoms. The maximum atomic E-state index is 12.4. The number of aromatic nitrogens is 3. The molecule has 114 valence electrons. The molecule has 1 aromatic carbocycles. The molecular weight excluding hydrogens is 292 g/mol. The summed E-state index contributed by atoms with van der Waals surface area (Å²) in [5, 5.41) is 10.0. The van der Waals surface area contributed by atoms with E-state index in [0.29, 0.717) is 6.54 Å². The highest BCUT2D eigenvalue weighted by Gasteiger charge is 2.12. The van der Waals surface area contributed by atoms with Gasteiger partial charge in [0.2, 0.25) is 0 Å². The van der Waals surface area contributed by atoms with Gasteiger partial charge in [-0.3, -0.25) is 18.9 Å². The molecule has 2 aromatic heterocycles. The second kappa shape index (κ2) is 5.89. The maximum absolute atomic E-state index is 12.4. The minimum atomic E-state index is -0.574. The van der Waals surface area contributed by atoms with Gasteiger partial charge in [0, 0.05) is 24.3 Å². The van der Waals surface area contributed by atoms with Gasteiger partial charge in [-0.1, -0.05) is 24.3 Å². The van der Waals surface area contributed by atoms with Gasteiger partial charge in [0.1, 0.15) is 11.6 Å². The summed E-state index contributed by atoms with van der Waals surface area (Å²) in [7, 11) is 0. The summed E-state index contributed by atoms with van der Waals surface area (Å²) < 4.78 is 2.45. The fourth-order valence-electron chi connectivity index (χ4n) is 2.56. The van der Waals surface area contributed by atoms with Gasteiger partial charge >= 0.3 is 5.69 Å². The Balaban J connectivity index is 2.22. The number of benzene rings is 1. The van der Waals surface area contributed by atoms with E-state index in [1.807, 2.05) is 36.4 Å². The first-order valence-corrected chi connectivity index (χ1v) is 7.22. The molecule has 0 amide bonds. The lowest BCUT2D eigenvalue weighted by Gasteiger charge is -2.10. The zero-order chi connectivity index (χ0) is 16.4.